The highest BCUT2D eigenvalue weighted by Gasteiger charge is 2.24. The summed E-state index contributed by atoms with van der Waals surface area (Å²) >= 11 is 0. The summed E-state index contributed by atoms with van der Waals surface area (Å²) in [5, 5.41) is 3.25. The second-order valence-electron chi connectivity index (χ2n) is 4.84. The van der Waals surface area contributed by atoms with E-state index < -0.39 is 0 Å². The van der Waals surface area contributed by atoms with Crippen LogP contribution in [0.5, 0.6) is 0 Å². The molecule has 5 heteroatoms. The van der Waals surface area contributed by atoms with Crippen LogP contribution in [0.15, 0.2) is 0 Å². The van der Waals surface area contributed by atoms with Crippen molar-refractivity contribution in [1.29, 1.82) is 0 Å². The van der Waals surface area contributed by atoms with Gasteiger partial charge in [0, 0.05) is 21.1 Å². The quantitative estimate of drug-likeness (QED) is 0.760. The molecule has 1 unspecified atom stereocenters. The molecule has 0 bridgehead atoms. The van der Waals surface area contributed by atoms with Gasteiger partial charge in [-0.2, -0.15) is 0 Å². The van der Waals surface area contributed by atoms with Crippen LogP contribution < -0.4 is 5.32 Å². The van der Waals surface area contributed by atoms with Crippen molar-refractivity contribution in [3.05, 3.63) is 0 Å². The molecule has 1 saturated heterocycles. The maximum absolute atomic E-state index is 12.1. The van der Waals surface area contributed by atoms with E-state index in [1.54, 1.807) is 21.1 Å². The lowest BCUT2D eigenvalue weighted by Crippen LogP contribution is -2.47. The zero-order valence-electron chi connectivity index (χ0n) is 11.0. The Balaban J connectivity index is 2.47. The molecule has 0 aromatic rings. The van der Waals surface area contributed by atoms with E-state index >= 15 is 0 Å². The van der Waals surface area contributed by atoms with E-state index in [1.165, 1.54) is 16.2 Å². The smallest absolute Gasteiger partial charge is 0.241 e. The van der Waals surface area contributed by atoms with Crippen molar-refractivity contribution >= 4 is 11.8 Å². The largest absolute Gasteiger partial charge is 0.347 e. The van der Waals surface area contributed by atoms with Crippen molar-refractivity contribution < 1.29 is 9.59 Å². The summed E-state index contributed by atoms with van der Waals surface area (Å²) in [6.07, 6.45) is 4.26. The Morgan fingerprint density at radius 1 is 1.18 bits per heavy atom. The molecule has 0 radical (unpaired) electrons. The molecule has 0 saturated carbocycles. The van der Waals surface area contributed by atoms with E-state index in [9.17, 15) is 9.59 Å². The fourth-order valence-electron chi connectivity index (χ4n) is 1.93. The van der Waals surface area contributed by atoms with Crippen LogP contribution in [0, 0.1) is 0 Å². The summed E-state index contributed by atoms with van der Waals surface area (Å²) in [5.74, 6) is -0.0171. The summed E-state index contributed by atoms with van der Waals surface area (Å²) in [7, 11) is 5.09. The highest BCUT2D eigenvalue weighted by atomic mass is 16.2. The van der Waals surface area contributed by atoms with Gasteiger partial charge in [0.1, 0.15) is 0 Å². The molecule has 1 aliphatic heterocycles. The van der Waals surface area contributed by atoms with Gasteiger partial charge in [-0.3, -0.25) is 9.59 Å². The van der Waals surface area contributed by atoms with E-state index in [0.717, 1.165) is 25.8 Å². The van der Waals surface area contributed by atoms with Crippen LogP contribution in [0.3, 0.4) is 0 Å². The van der Waals surface area contributed by atoms with Crippen molar-refractivity contribution in [1.82, 2.24) is 15.1 Å². The summed E-state index contributed by atoms with van der Waals surface area (Å²) in [4.78, 5) is 26.6. The lowest BCUT2D eigenvalue weighted by atomic mass is 10.1. The van der Waals surface area contributed by atoms with E-state index in [0.29, 0.717) is 0 Å². The molecule has 98 valence electrons. The number of hydrogen-bond acceptors (Lipinski definition) is 3. The summed E-state index contributed by atoms with van der Waals surface area (Å²) < 4.78 is 0. The Morgan fingerprint density at radius 2 is 1.88 bits per heavy atom. The normalized spacial score (nSPS) is 20.5. The SMILES string of the molecule is CN(C)C(=O)CN(C)C(=O)C1CCCCCN1. The van der Waals surface area contributed by atoms with E-state index in [4.69, 9.17) is 0 Å². The van der Waals surface area contributed by atoms with Crippen LogP contribution in [0.1, 0.15) is 25.7 Å². The average molecular weight is 241 g/mol. The Kier molecular flexibility index (Phi) is 5.41. The van der Waals surface area contributed by atoms with Gasteiger partial charge in [0.15, 0.2) is 0 Å². The molecule has 1 rings (SSSR count). The highest BCUT2D eigenvalue weighted by molar-refractivity contribution is 5.87. The highest BCUT2D eigenvalue weighted by Crippen LogP contribution is 2.10. The molecule has 0 aromatic heterocycles. The predicted molar refractivity (Wildman–Crippen MR) is 66.6 cm³/mol. The molecule has 1 N–H and O–H groups in total. The number of carbonyl (C=O) groups is 2. The third-order valence-electron chi connectivity index (χ3n) is 3.11. The first-order valence-electron chi connectivity index (χ1n) is 6.21. The molecular formula is C12H23N3O2. The van der Waals surface area contributed by atoms with Crippen molar-refractivity contribution in [2.24, 2.45) is 0 Å². The first-order valence-corrected chi connectivity index (χ1v) is 6.21. The van der Waals surface area contributed by atoms with Crippen LogP contribution in [-0.2, 0) is 9.59 Å². The fraction of sp³-hybridized carbons (Fsp3) is 0.833. The number of rotatable bonds is 3. The van der Waals surface area contributed by atoms with Crippen LogP contribution in [0.4, 0.5) is 0 Å². The summed E-state index contributed by atoms with van der Waals surface area (Å²) in [5.41, 5.74) is 0. The van der Waals surface area contributed by atoms with Crippen LogP contribution in [0.2, 0.25) is 0 Å². The first kappa shape index (κ1) is 14.0. The molecule has 1 heterocycles. The molecular weight excluding hydrogens is 218 g/mol. The topological polar surface area (TPSA) is 52.7 Å². The molecule has 17 heavy (non-hydrogen) atoms. The van der Waals surface area contributed by atoms with Gasteiger partial charge in [-0.25, -0.2) is 0 Å². The lowest BCUT2D eigenvalue weighted by molar-refractivity contribution is -0.139. The maximum atomic E-state index is 12.1. The molecule has 0 aromatic carbocycles. The third-order valence-corrected chi connectivity index (χ3v) is 3.11. The van der Waals surface area contributed by atoms with Gasteiger partial charge in [0.2, 0.25) is 11.8 Å². The van der Waals surface area contributed by atoms with Gasteiger partial charge in [-0.15, -0.1) is 0 Å². The molecule has 1 fully saturated rings. The maximum Gasteiger partial charge on any atom is 0.241 e. The summed E-state index contributed by atoms with van der Waals surface area (Å²) in [6.45, 7) is 1.05. The molecule has 0 spiro atoms. The minimum atomic E-state index is -0.113. The van der Waals surface area contributed by atoms with Crippen LogP contribution >= 0.6 is 0 Å². The average Bonchev–Trinajstić information content (AvgIpc) is 2.56. The number of hydrogen-bond donors (Lipinski definition) is 1. The van der Waals surface area contributed by atoms with Crippen molar-refractivity contribution in [2.75, 3.05) is 34.2 Å². The van der Waals surface area contributed by atoms with Gasteiger partial charge >= 0.3 is 0 Å². The molecule has 1 aliphatic rings. The Bertz CT molecular complexity index is 271. The molecule has 2 amide bonds. The minimum absolute atomic E-state index is 0.0297. The monoisotopic (exact) mass is 241 g/mol. The van der Waals surface area contributed by atoms with Crippen LogP contribution in [0.25, 0.3) is 0 Å². The van der Waals surface area contributed by atoms with Crippen molar-refractivity contribution in [2.45, 2.75) is 31.7 Å². The molecule has 0 aliphatic carbocycles. The standard InChI is InChI=1S/C12H23N3O2/c1-14(2)11(16)9-15(3)12(17)10-7-5-4-6-8-13-10/h10,13H,4-9H2,1-3H3. The van der Waals surface area contributed by atoms with Gasteiger partial charge in [-0.05, 0) is 19.4 Å². The summed E-state index contributed by atoms with van der Waals surface area (Å²) in [6, 6.07) is -0.113. The number of nitrogens with zero attached hydrogens (tertiary/aromatic N) is 2. The second kappa shape index (κ2) is 6.59. The number of amides is 2. The zero-order chi connectivity index (χ0) is 12.8. The van der Waals surface area contributed by atoms with Crippen molar-refractivity contribution in [3.63, 3.8) is 0 Å². The van der Waals surface area contributed by atoms with Gasteiger partial charge in [0.05, 0.1) is 12.6 Å². The molecule has 5 nitrogen and oxygen atoms in total. The number of carbonyl (C=O) groups excluding carboxylic acids is 2. The minimum Gasteiger partial charge on any atom is -0.347 e. The Hall–Kier alpha value is -1.10. The molecule has 1 atom stereocenters. The third kappa shape index (κ3) is 4.34. The van der Waals surface area contributed by atoms with Gasteiger partial charge in [0.25, 0.3) is 0 Å². The Labute approximate surface area is 103 Å². The second-order valence-corrected chi connectivity index (χ2v) is 4.84. The van der Waals surface area contributed by atoms with E-state index in [2.05, 4.69) is 5.32 Å². The first-order chi connectivity index (χ1) is 8.02. The number of likely N-dealkylation sites (N-methyl/N-ethyl adjacent to an activating group) is 2. The Morgan fingerprint density at radius 3 is 2.53 bits per heavy atom. The lowest BCUT2D eigenvalue weighted by Gasteiger charge is -2.24. The van der Waals surface area contributed by atoms with Crippen molar-refractivity contribution in [3.8, 4) is 0 Å². The number of nitrogens with one attached hydrogen (secondary N) is 1. The van der Waals surface area contributed by atoms with E-state index in [-0.39, 0.29) is 24.4 Å². The predicted octanol–water partition coefficient (Wildman–Crippen LogP) is 0.0652. The van der Waals surface area contributed by atoms with Gasteiger partial charge < -0.3 is 15.1 Å². The van der Waals surface area contributed by atoms with E-state index in [1.807, 2.05) is 0 Å². The zero-order valence-corrected chi connectivity index (χ0v) is 11.0. The fourth-order valence-corrected chi connectivity index (χ4v) is 1.93. The van der Waals surface area contributed by atoms with Crippen LogP contribution in [-0.4, -0.2) is 61.9 Å². The van der Waals surface area contributed by atoms with Gasteiger partial charge in [-0.1, -0.05) is 12.8 Å².